The molecule has 0 amide bonds. The van der Waals surface area contributed by atoms with Crippen molar-refractivity contribution in [3.8, 4) is 17.6 Å². The van der Waals surface area contributed by atoms with Crippen molar-refractivity contribution in [1.29, 1.82) is 5.26 Å². The number of carbonyl (C=O) groups excluding carboxylic acids is 2. The average molecular weight is 441 g/mol. The molecular weight excluding hydrogens is 416 g/mol. The highest BCUT2D eigenvalue weighted by Crippen LogP contribution is 2.33. The average Bonchev–Trinajstić information content (AvgIpc) is 2.81. The fourth-order valence-corrected chi connectivity index (χ4v) is 3.89. The maximum Gasteiger partial charge on any atom is 0.343 e. The molecule has 32 heavy (non-hydrogen) atoms. The Bertz CT molecular complexity index is 1010. The third-order valence-corrected chi connectivity index (χ3v) is 5.82. The van der Waals surface area contributed by atoms with E-state index < -0.39 is 28.9 Å². The van der Waals surface area contributed by atoms with Crippen molar-refractivity contribution in [3.63, 3.8) is 0 Å². The first kappa shape index (κ1) is 23.4. The van der Waals surface area contributed by atoms with Crippen LogP contribution in [0.1, 0.15) is 67.8 Å². The molecule has 1 aliphatic rings. The van der Waals surface area contributed by atoms with Gasteiger partial charge in [-0.25, -0.2) is 9.18 Å². The Hall–Kier alpha value is -3.27. The van der Waals surface area contributed by atoms with Crippen molar-refractivity contribution in [1.82, 2.24) is 0 Å². The SMILES string of the molecule is CCCCC1CCC(C(=O)Oc2ccc(C(=O)Oc3ccc(C#N)c(F)c3F)cc2)CC1. The van der Waals surface area contributed by atoms with Crippen molar-refractivity contribution in [2.24, 2.45) is 11.8 Å². The van der Waals surface area contributed by atoms with Crippen LogP contribution >= 0.6 is 0 Å². The Morgan fingerprint density at radius 2 is 1.69 bits per heavy atom. The van der Waals surface area contributed by atoms with Gasteiger partial charge in [0.2, 0.25) is 5.82 Å². The molecule has 0 atom stereocenters. The van der Waals surface area contributed by atoms with Crippen LogP contribution in [0.15, 0.2) is 36.4 Å². The van der Waals surface area contributed by atoms with Crippen LogP contribution < -0.4 is 9.47 Å². The second-order valence-electron chi connectivity index (χ2n) is 8.05. The van der Waals surface area contributed by atoms with E-state index in [1.165, 1.54) is 49.6 Å². The predicted octanol–water partition coefficient (Wildman–Crippen LogP) is 5.96. The van der Waals surface area contributed by atoms with Crippen molar-refractivity contribution >= 4 is 11.9 Å². The predicted molar refractivity (Wildman–Crippen MR) is 113 cm³/mol. The molecule has 0 N–H and O–H groups in total. The van der Waals surface area contributed by atoms with Gasteiger partial charge >= 0.3 is 11.9 Å². The molecule has 0 heterocycles. The number of halogens is 2. The van der Waals surface area contributed by atoms with Crippen molar-refractivity contribution in [3.05, 3.63) is 59.2 Å². The summed E-state index contributed by atoms with van der Waals surface area (Å²) < 4.78 is 38.0. The fraction of sp³-hybridized carbons (Fsp3) is 0.400. The topological polar surface area (TPSA) is 76.4 Å². The molecule has 168 valence electrons. The number of nitrogens with zero attached hydrogens (tertiary/aromatic N) is 1. The molecule has 0 spiro atoms. The monoisotopic (exact) mass is 441 g/mol. The van der Waals surface area contributed by atoms with Gasteiger partial charge in [0, 0.05) is 0 Å². The van der Waals surface area contributed by atoms with E-state index in [2.05, 4.69) is 6.92 Å². The molecule has 7 heteroatoms. The van der Waals surface area contributed by atoms with Crippen molar-refractivity contribution in [2.75, 3.05) is 0 Å². The van der Waals surface area contributed by atoms with E-state index in [-0.39, 0.29) is 17.5 Å². The summed E-state index contributed by atoms with van der Waals surface area (Å²) in [5.41, 5.74) is -0.409. The molecular formula is C25H25F2NO4. The molecule has 2 aromatic carbocycles. The van der Waals surface area contributed by atoms with Gasteiger partial charge in [0.15, 0.2) is 11.6 Å². The van der Waals surface area contributed by atoms with Gasteiger partial charge in [0.1, 0.15) is 11.8 Å². The summed E-state index contributed by atoms with van der Waals surface area (Å²) in [5.74, 6) is -3.70. The number of ether oxygens (including phenoxy) is 2. The van der Waals surface area contributed by atoms with Crippen LogP contribution in [0.4, 0.5) is 8.78 Å². The van der Waals surface area contributed by atoms with Gasteiger partial charge in [0.25, 0.3) is 0 Å². The molecule has 2 aromatic rings. The Balaban J connectivity index is 1.55. The van der Waals surface area contributed by atoms with Gasteiger partial charge in [-0.2, -0.15) is 9.65 Å². The molecule has 1 saturated carbocycles. The van der Waals surface area contributed by atoms with E-state index in [0.29, 0.717) is 11.7 Å². The van der Waals surface area contributed by atoms with Gasteiger partial charge in [-0.1, -0.05) is 26.2 Å². The van der Waals surface area contributed by atoms with Crippen molar-refractivity contribution < 1.29 is 27.8 Å². The van der Waals surface area contributed by atoms with Gasteiger partial charge in [-0.05, 0) is 68.0 Å². The summed E-state index contributed by atoms with van der Waals surface area (Å²) in [6.45, 7) is 2.18. The molecule has 0 aromatic heterocycles. The Morgan fingerprint density at radius 3 is 2.31 bits per heavy atom. The second kappa shape index (κ2) is 10.9. The van der Waals surface area contributed by atoms with Crippen LogP contribution in [-0.2, 0) is 4.79 Å². The van der Waals surface area contributed by atoms with Crippen molar-refractivity contribution in [2.45, 2.75) is 51.9 Å². The Kier molecular flexibility index (Phi) is 7.93. The molecule has 0 aliphatic heterocycles. The highest BCUT2D eigenvalue weighted by molar-refractivity contribution is 5.91. The third-order valence-electron chi connectivity index (χ3n) is 5.82. The zero-order valence-electron chi connectivity index (χ0n) is 17.9. The molecule has 5 nitrogen and oxygen atoms in total. The molecule has 1 fully saturated rings. The van der Waals surface area contributed by atoms with Crippen LogP contribution in [0, 0.1) is 34.8 Å². The summed E-state index contributed by atoms with van der Waals surface area (Å²) in [6.07, 6.45) is 7.35. The highest BCUT2D eigenvalue weighted by atomic mass is 19.2. The zero-order valence-corrected chi connectivity index (χ0v) is 17.9. The quantitative estimate of drug-likeness (QED) is 0.392. The molecule has 0 saturated heterocycles. The zero-order chi connectivity index (χ0) is 23.1. The second-order valence-corrected chi connectivity index (χ2v) is 8.05. The Labute approximate surface area is 186 Å². The summed E-state index contributed by atoms with van der Waals surface area (Å²) in [5, 5.41) is 8.71. The first-order chi connectivity index (χ1) is 15.4. The molecule has 1 aliphatic carbocycles. The minimum atomic E-state index is -1.41. The smallest absolute Gasteiger partial charge is 0.343 e. The Morgan fingerprint density at radius 1 is 1.00 bits per heavy atom. The summed E-state index contributed by atoms with van der Waals surface area (Å²) in [4.78, 5) is 24.7. The number of carbonyl (C=O) groups is 2. The first-order valence-electron chi connectivity index (χ1n) is 10.8. The minimum absolute atomic E-state index is 0.0744. The number of hydrogen-bond acceptors (Lipinski definition) is 5. The standard InChI is InChI=1S/C25H25F2NO4/c1-2-3-4-16-5-7-17(8-6-16)24(29)31-20-12-9-18(10-13-20)25(30)32-21-14-11-19(15-28)22(26)23(21)27/h9-14,16-17H,2-8H2,1H3. The van der Waals surface area contributed by atoms with E-state index >= 15 is 0 Å². The highest BCUT2D eigenvalue weighted by Gasteiger charge is 2.27. The lowest BCUT2D eigenvalue weighted by molar-refractivity contribution is -0.140. The number of rotatable bonds is 7. The lowest BCUT2D eigenvalue weighted by Crippen LogP contribution is -2.25. The normalized spacial score (nSPS) is 17.9. The van der Waals surface area contributed by atoms with E-state index in [9.17, 15) is 18.4 Å². The van der Waals surface area contributed by atoms with Crippen LogP contribution in [0.2, 0.25) is 0 Å². The minimum Gasteiger partial charge on any atom is -0.426 e. The summed E-state index contributed by atoms with van der Waals surface area (Å²) in [7, 11) is 0. The van der Waals surface area contributed by atoms with Crippen LogP contribution in [0.3, 0.4) is 0 Å². The lowest BCUT2D eigenvalue weighted by Gasteiger charge is -2.27. The van der Waals surface area contributed by atoms with E-state index in [0.717, 1.165) is 37.8 Å². The molecule has 3 rings (SSSR count). The summed E-state index contributed by atoms with van der Waals surface area (Å²) >= 11 is 0. The number of esters is 2. The van der Waals surface area contributed by atoms with Gasteiger partial charge in [-0.3, -0.25) is 4.79 Å². The maximum atomic E-state index is 13.9. The first-order valence-corrected chi connectivity index (χ1v) is 10.8. The number of hydrogen-bond donors (Lipinski definition) is 0. The molecule has 0 bridgehead atoms. The van der Waals surface area contributed by atoms with Crippen LogP contribution in [0.5, 0.6) is 11.5 Å². The van der Waals surface area contributed by atoms with E-state index in [1.54, 1.807) is 0 Å². The van der Waals surface area contributed by atoms with Gasteiger partial charge in [0.05, 0.1) is 17.0 Å². The third kappa shape index (κ3) is 5.70. The lowest BCUT2D eigenvalue weighted by atomic mass is 9.80. The van der Waals surface area contributed by atoms with Gasteiger partial charge < -0.3 is 9.47 Å². The van der Waals surface area contributed by atoms with Gasteiger partial charge in [-0.15, -0.1) is 0 Å². The fourth-order valence-electron chi connectivity index (χ4n) is 3.89. The number of unbranched alkanes of at least 4 members (excludes halogenated alkanes) is 1. The van der Waals surface area contributed by atoms with Crippen LogP contribution in [-0.4, -0.2) is 11.9 Å². The largest absolute Gasteiger partial charge is 0.426 e. The molecule has 0 radical (unpaired) electrons. The number of benzene rings is 2. The number of nitriles is 1. The molecule has 0 unspecified atom stereocenters. The maximum absolute atomic E-state index is 13.9. The van der Waals surface area contributed by atoms with E-state index in [4.69, 9.17) is 14.7 Å². The summed E-state index contributed by atoms with van der Waals surface area (Å²) in [6, 6.07) is 9.22. The van der Waals surface area contributed by atoms with Crippen LogP contribution in [0.25, 0.3) is 0 Å². The van der Waals surface area contributed by atoms with E-state index in [1.807, 2.05) is 0 Å².